The number of amides is 1. The molecule has 4 heteroatoms. The average molecular weight is 314 g/mol. The largest absolute Gasteiger partial charge is 0.489 e. The molecule has 1 aromatic carbocycles. The lowest BCUT2D eigenvalue weighted by atomic mass is 9.94. The lowest BCUT2D eigenvalue weighted by molar-refractivity contribution is -0.125. The van der Waals surface area contributed by atoms with Crippen LogP contribution in [0.5, 0.6) is 5.75 Å². The Morgan fingerprint density at radius 1 is 1.35 bits per heavy atom. The van der Waals surface area contributed by atoms with Gasteiger partial charge in [-0.2, -0.15) is 0 Å². The number of benzene rings is 1. The Labute approximate surface area is 138 Å². The maximum Gasteiger partial charge on any atom is 0.223 e. The molecule has 0 aromatic heterocycles. The summed E-state index contributed by atoms with van der Waals surface area (Å²) >= 11 is 0. The van der Waals surface area contributed by atoms with Gasteiger partial charge in [0, 0.05) is 37.7 Å². The van der Waals surface area contributed by atoms with Gasteiger partial charge in [-0.3, -0.25) is 9.69 Å². The van der Waals surface area contributed by atoms with E-state index < -0.39 is 0 Å². The van der Waals surface area contributed by atoms with Gasteiger partial charge in [-0.25, -0.2) is 0 Å². The van der Waals surface area contributed by atoms with Gasteiger partial charge in [0.15, 0.2) is 0 Å². The zero-order valence-electron chi connectivity index (χ0n) is 13.8. The standard InChI is InChI=1S/C19H26N2O2/c1-15-13-21(14-17-9-5-6-10-18(17)23-15)12-11-20-19(22)16-7-3-2-4-8-16/h2-3,5-6,9-10,15-16H,4,7-8,11-14H2,1H3,(H,20,22). The van der Waals surface area contributed by atoms with Gasteiger partial charge in [0.1, 0.15) is 11.9 Å². The second-order valence-corrected chi connectivity index (χ2v) is 6.54. The molecule has 0 fully saturated rings. The molecule has 124 valence electrons. The van der Waals surface area contributed by atoms with E-state index in [-0.39, 0.29) is 17.9 Å². The van der Waals surface area contributed by atoms with Crippen LogP contribution in [0.2, 0.25) is 0 Å². The Bertz CT molecular complexity index is 570. The summed E-state index contributed by atoms with van der Waals surface area (Å²) < 4.78 is 5.97. The molecule has 1 amide bonds. The molecule has 2 atom stereocenters. The molecule has 1 N–H and O–H groups in total. The molecule has 0 saturated carbocycles. The number of para-hydroxylation sites is 1. The van der Waals surface area contributed by atoms with Gasteiger partial charge in [-0.05, 0) is 32.3 Å². The minimum Gasteiger partial charge on any atom is -0.489 e. The van der Waals surface area contributed by atoms with Gasteiger partial charge in [-0.15, -0.1) is 0 Å². The first kappa shape index (κ1) is 16.1. The highest BCUT2D eigenvalue weighted by Crippen LogP contribution is 2.24. The van der Waals surface area contributed by atoms with E-state index in [1.165, 1.54) is 5.56 Å². The van der Waals surface area contributed by atoms with Crippen LogP contribution in [0.3, 0.4) is 0 Å². The number of ether oxygens (including phenoxy) is 1. The minimum atomic E-state index is 0.159. The topological polar surface area (TPSA) is 41.6 Å². The molecule has 2 unspecified atom stereocenters. The van der Waals surface area contributed by atoms with Gasteiger partial charge < -0.3 is 10.1 Å². The molecule has 0 bridgehead atoms. The smallest absolute Gasteiger partial charge is 0.223 e. The number of allylic oxidation sites excluding steroid dienone is 2. The predicted molar refractivity (Wildman–Crippen MR) is 91.3 cm³/mol. The lowest BCUT2D eigenvalue weighted by Crippen LogP contribution is -2.39. The van der Waals surface area contributed by atoms with Gasteiger partial charge in [0.05, 0.1) is 0 Å². The molecule has 4 nitrogen and oxygen atoms in total. The monoisotopic (exact) mass is 314 g/mol. The predicted octanol–water partition coefficient (Wildman–Crippen LogP) is 2.74. The Balaban J connectivity index is 1.50. The van der Waals surface area contributed by atoms with E-state index in [0.717, 1.165) is 44.6 Å². The number of hydrogen-bond acceptors (Lipinski definition) is 3. The number of carbonyl (C=O) groups is 1. The van der Waals surface area contributed by atoms with Crippen molar-refractivity contribution in [1.29, 1.82) is 0 Å². The van der Waals surface area contributed by atoms with Crippen LogP contribution in [0, 0.1) is 5.92 Å². The van der Waals surface area contributed by atoms with Gasteiger partial charge in [0.25, 0.3) is 0 Å². The highest BCUT2D eigenvalue weighted by Gasteiger charge is 2.21. The summed E-state index contributed by atoms with van der Waals surface area (Å²) in [6.45, 7) is 5.42. The summed E-state index contributed by atoms with van der Waals surface area (Å²) in [6, 6.07) is 8.22. The molecule has 1 aliphatic carbocycles. The number of hydrogen-bond donors (Lipinski definition) is 1. The third-order valence-corrected chi connectivity index (χ3v) is 4.58. The minimum absolute atomic E-state index is 0.159. The molecule has 1 aliphatic heterocycles. The van der Waals surface area contributed by atoms with Crippen LogP contribution in [-0.2, 0) is 11.3 Å². The highest BCUT2D eigenvalue weighted by atomic mass is 16.5. The Hall–Kier alpha value is -1.81. The molecule has 0 saturated heterocycles. The molecule has 0 radical (unpaired) electrons. The van der Waals surface area contributed by atoms with Crippen molar-refractivity contribution in [1.82, 2.24) is 10.2 Å². The van der Waals surface area contributed by atoms with E-state index in [1.807, 2.05) is 12.1 Å². The van der Waals surface area contributed by atoms with Gasteiger partial charge >= 0.3 is 0 Å². The molecular weight excluding hydrogens is 288 g/mol. The number of fused-ring (bicyclic) bond motifs is 1. The zero-order chi connectivity index (χ0) is 16.1. The van der Waals surface area contributed by atoms with Crippen LogP contribution in [-0.4, -0.2) is 36.5 Å². The van der Waals surface area contributed by atoms with E-state index in [2.05, 4.69) is 41.4 Å². The summed E-state index contributed by atoms with van der Waals surface area (Å²) in [5, 5.41) is 3.10. The van der Waals surface area contributed by atoms with Crippen molar-refractivity contribution in [3.8, 4) is 5.75 Å². The van der Waals surface area contributed by atoms with Crippen LogP contribution >= 0.6 is 0 Å². The normalized spacial score (nSPS) is 24.4. The maximum absolute atomic E-state index is 12.2. The number of nitrogens with zero attached hydrogens (tertiary/aromatic N) is 1. The van der Waals surface area contributed by atoms with E-state index in [4.69, 9.17) is 4.74 Å². The second kappa shape index (κ2) is 7.64. The molecule has 2 aliphatic rings. The van der Waals surface area contributed by atoms with E-state index in [0.29, 0.717) is 6.54 Å². The zero-order valence-corrected chi connectivity index (χ0v) is 13.8. The van der Waals surface area contributed by atoms with Crippen molar-refractivity contribution in [2.45, 2.75) is 38.8 Å². The maximum atomic E-state index is 12.2. The molecule has 23 heavy (non-hydrogen) atoms. The Morgan fingerprint density at radius 2 is 2.22 bits per heavy atom. The molecule has 0 spiro atoms. The van der Waals surface area contributed by atoms with Gasteiger partial charge in [-0.1, -0.05) is 30.4 Å². The number of nitrogens with one attached hydrogen (secondary N) is 1. The van der Waals surface area contributed by atoms with Crippen molar-refractivity contribution in [2.24, 2.45) is 5.92 Å². The molecule has 1 heterocycles. The summed E-state index contributed by atoms with van der Waals surface area (Å²) in [4.78, 5) is 14.5. The lowest BCUT2D eigenvalue weighted by Gasteiger charge is -2.23. The van der Waals surface area contributed by atoms with E-state index in [9.17, 15) is 4.79 Å². The summed E-state index contributed by atoms with van der Waals surface area (Å²) in [5.41, 5.74) is 1.22. The van der Waals surface area contributed by atoms with Crippen LogP contribution in [0.4, 0.5) is 0 Å². The Kier molecular flexibility index (Phi) is 5.34. The van der Waals surface area contributed by atoms with Crippen molar-refractivity contribution < 1.29 is 9.53 Å². The second-order valence-electron chi connectivity index (χ2n) is 6.54. The van der Waals surface area contributed by atoms with Gasteiger partial charge in [0.2, 0.25) is 5.91 Å². The summed E-state index contributed by atoms with van der Waals surface area (Å²) in [7, 11) is 0. The van der Waals surface area contributed by atoms with Crippen LogP contribution in [0.1, 0.15) is 31.7 Å². The number of rotatable bonds is 4. The van der Waals surface area contributed by atoms with Crippen molar-refractivity contribution >= 4 is 5.91 Å². The highest BCUT2D eigenvalue weighted by molar-refractivity contribution is 5.78. The SMILES string of the molecule is CC1CN(CCNC(=O)C2CC=CCC2)Cc2ccccc2O1. The fraction of sp³-hybridized carbons (Fsp3) is 0.526. The summed E-state index contributed by atoms with van der Waals surface area (Å²) in [6.07, 6.45) is 7.34. The third kappa shape index (κ3) is 4.35. The first-order chi connectivity index (χ1) is 11.2. The van der Waals surface area contributed by atoms with E-state index >= 15 is 0 Å². The van der Waals surface area contributed by atoms with Crippen molar-refractivity contribution in [3.05, 3.63) is 42.0 Å². The van der Waals surface area contributed by atoms with E-state index in [1.54, 1.807) is 0 Å². The average Bonchev–Trinajstić information content (AvgIpc) is 2.73. The fourth-order valence-corrected chi connectivity index (χ4v) is 3.36. The number of carbonyl (C=O) groups excluding carboxylic acids is 1. The summed E-state index contributed by atoms with van der Waals surface area (Å²) in [5.74, 6) is 1.35. The van der Waals surface area contributed by atoms with Crippen molar-refractivity contribution in [2.75, 3.05) is 19.6 Å². The van der Waals surface area contributed by atoms with Crippen LogP contribution < -0.4 is 10.1 Å². The fourth-order valence-electron chi connectivity index (χ4n) is 3.36. The molecular formula is C19H26N2O2. The molecule has 1 aromatic rings. The Morgan fingerprint density at radius 3 is 3.04 bits per heavy atom. The van der Waals surface area contributed by atoms with Crippen molar-refractivity contribution in [3.63, 3.8) is 0 Å². The first-order valence-corrected chi connectivity index (χ1v) is 8.62. The third-order valence-electron chi connectivity index (χ3n) is 4.58. The first-order valence-electron chi connectivity index (χ1n) is 8.62. The van der Waals surface area contributed by atoms with Crippen LogP contribution in [0.15, 0.2) is 36.4 Å². The molecule has 3 rings (SSSR count). The van der Waals surface area contributed by atoms with Crippen LogP contribution in [0.25, 0.3) is 0 Å². The quantitative estimate of drug-likeness (QED) is 0.869.